The lowest BCUT2D eigenvalue weighted by Gasteiger charge is -2.57. The van der Waals surface area contributed by atoms with E-state index in [0.717, 1.165) is 115 Å². The Labute approximate surface area is 694 Å². The number of fused-ring (bicyclic) bond motifs is 3. The minimum atomic E-state index is -0.640. The van der Waals surface area contributed by atoms with Crippen LogP contribution < -0.4 is 0 Å². The third-order valence-corrected chi connectivity index (χ3v) is 36.5. The highest BCUT2D eigenvalue weighted by molar-refractivity contribution is 5.36. The van der Waals surface area contributed by atoms with Gasteiger partial charge in [-0.25, -0.2) is 0 Å². The highest BCUT2D eigenvalue weighted by Gasteiger charge is 2.58. The molecule has 0 aromatic rings. The van der Waals surface area contributed by atoms with Crippen LogP contribution in [0.4, 0.5) is 0 Å². The Morgan fingerprint density at radius 1 is 0.383 bits per heavy atom. The van der Waals surface area contributed by atoms with Gasteiger partial charge in [0.05, 0.1) is 36.6 Å². The minimum absolute atomic E-state index is 0.0447. The van der Waals surface area contributed by atoms with Crippen LogP contribution in [0.2, 0.25) is 0 Å². The standard InChI is InChI=1S/2C36H52O3.C34H44O3/c2*1-23(6-4-8-30(37)22-36-19-26-14-27(20-36)16-28(15-26)21-36)31-11-12-32-29(7-5-13-35(31,32)3)10-9-25-17-33(38)24(2)34(39)18-25;1-22-30(35)17-23(18-31(22)36)9-10-27-6-5-13-33(2)28(11-12-29(27)33)7-3-4-8-32(37)34-19-24-14-25(20-34)16-26(15-24)21-34/h2*9-10,23,26-28,30-34,37-39H,2,5-7,11-22H2,1,3H3;9-10,24-26,28-32,35-37H,1,5-6,11-21H2,2H3/b2*29-10+;27-10+/t2*23-,26?,27?,28?,30?,31-,32?,33-,34-,35-,36?;24?,25?,26?,28-,29?,30+,31+,32?,33+,34?/m110/s1. The van der Waals surface area contributed by atoms with E-state index in [0.29, 0.717) is 124 Å². The van der Waals surface area contributed by atoms with Crippen LogP contribution in [0.5, 0.6) is 0 Å². The summed E-state index contributed by atoms with van der Waals surface area (Å²) in [4.78, 5) is 0. The van der Waals surface area contributed by atoms with Crippen molar-refractivity contribution in [3.8, 4) is 47.4 Å². The molecule has 21 aliphatic rings. The third kappa shape index (κ3) is 17.8. The van der Waals surface area contributed by atoms with Gasteiger partial charge in [0, 0.05) is 24.2 Å². The summed E-state index contributed by atoms with van der Waals surface area (Å²) in [6, 6.07) is 0. The fourth-order valence-corrected chi connectivity index (χ4v) is 32.0. The lowest BCUT2D eigenvalue weighted by atomic mass is 9.48. The van der Waals surface area contributed by atoms with E-state index in [9.17, 15) is 46.0 Å². The molecule has 6 unspecified atom stereocenters. The predicted molar refractivity (Wildman–Crippen MR) is 462 cm³/mol. The number of hydrogen-bond acceptors (Lipinski definition) is 9. The van der Waals surface area contributed by atoms with Crippen LogP contribution in [0, 0.1) is 180 Å². The monoisotopic (exact) mass is 1570 g/mol. The molecule has 9 N–H and O–H groups in total. The van der Waals surface area contributed by atoms with Gasteiger partial charge in [-0.1, -0.05) is 148 Å². The SMILES string of the molecule is C=C1[C@H](O)CC(=C/C=C2\CCC[C@@]3(C)C2CC[C@@H]3C#CC#CC(O)C23CC4CC(CC(C4)C2)C3)C[C@H]1O.C=C1[C@H](O)CC(=C/C=C2\CCC[C@@]3(C)C2CC[C@@H]3[C@H](C)CC#CC(O)CC23CC4CC(CC(C4)C2)C3)C[C@H]1O.C=C1[C@H](O)CC(=C/C=C2\CCC[C@@]3(C)C2CC[C@@H]3[C@H](C)CC#CC(O)CC23CC4CC(CC(C4)C2)C3)C[C@H]1O. The van der Waals surface area contributed by atoms with Crippen LogP contribution in [0.25, 0.3) is 0 Å². The van der Waals surface area contributed by atoms with Crippen LogP contribution in [0.15, 0.2) is 106 Å². The van der Waals surface area contributed by atoms with E-state index in [-0.39, 0.29) is 10.8 Å². The van der Waals surface area contributed by atoms with E-state index >= 15 is 0 Å². The van der Waals surface area contributed by atoms with Gasteiger partial charge in [0.2, 0.25) is 0 Å². The first-order valence-electron chi connectivity index (χ1n) is 47.4. The molecule has 0 amide bonds. The summed E-state index contributed by atoms with van der Waals surface area (Å²) >= 11 is 0. The zero-order valence-corrected chi connectivity index (χ0v) is 71.5. The van der Waals surface area contributed by atoms with Crippen LogP contribution in [-0.2, 0) is 0 Å². The number of aliphatic hydroxyl groups is 9. The van der Waals surface area contributed by atoms with Gasteiger partial charge in [-0.2, -0.15) is 0 Å². The van der Waals surface area contributed by atoms with Gasteiger partial charge in [0.25, 0.3) is 0 Å². The molecule has 21 aliphatic carbocycles. The summed E-state index contributed by atoms with van der Waals surface area (Å²) in [5.74, 6) is 39.2. The average molecular weight is 1570 g/mol. The summed E-state index contributed by atoms with van der Waals surface area (Å²) in [5, 5.41) is 94.3. The van der Waals surface area contributed by atoms with E-state index in [1.54, 1.807) is 11.1 Å². The Morgan fingerprint density at radius 3 is 1.03 bits per heavy atom. The largest absolute Gasteiger partial charge is 0.388 e. The number of rotatable bonds is 12. The molecule has 21 fully saturated rings. The summed E-state index contributed by atoms with van der Waals surface area (Å²) in [6.45, 7) is 23.8. The van der Waals surface area contributed by atoms with Crippen molar-refractivity contribution in [2.45, 2.75) is 366 Å². The lowest BCUT2D eigenvalue weighted by Crippen LogP contribution is -2.51. The molecule has 21 rings (SSSR count). The molecule has 0 saturated heterocycles. The molecule has 20 atom stereocenters. The average Bonchev–Trinajstić information content (AvgIpc) is 1.72. The van der Waals surface area contributed by atoms with Gasteiger partial charge in [-0.3, -0.25) is 0 Å². The fourth-order valence-electron chi connectivity index (χ4n) is 32.0. The summed E-state index contributed by atoms with van der Waals surface area (Å²) in [6.07, 6.45) is 58.1. The smallest absolute Gasteiger partial charge is 0.121 e. The zero-order chi connectivity index (χ0) is 80.5. The van der Waals surface area contributed by atoms with Gasteiger partial charge in [0.1, 0.15) is 18.3 Å². The normalized spacial score (nSPS) is 45.7. The van der Waals surface area contributed by atoms with E-state index in [4.69, 9.17) is 0 Å². The first-order chi connectivity index (χ1) is 55.0. The number of allylic oxidation sites excluding steroid dienone is 9. The van der Waals surface area contributed by atoms with Crippen LogP contribution in [0.3, 0.4) is 0 Å². The molecule has 0 spiro atoms. The number of aliphatic hydroxyl groups excluding tert-OH is 9. The quantitative estimate of drug-likeness (QED) is 0.0678. The van der Waals surface area contributed by atoms with Gasteiger partial charge in [0.15, 0.2) is 0 Å². The Bertz CT molecular complexity index is 3760. The van der Waals surface area contributed by atoms with E-state index in [2.05, 4.69) is 138 Å². The second-order valence-corrected chi connectivity index (χ2v) is 44.5. The molecule has 12 bridgehead atoms. The van der Waals surface area contributed by atoms with Crippen molar-refractivity contribution in [3.05, 3.63) is 106 Å². The van der Waals surface area contributed by atoms with E-state index in [1.165, 1.54) is 198 Å². The molecule has 626 valence electrons. The molecule has 0 aromatic heterocycles. The van der Waals surface area contributed by atoms with Crippen molar-refractivity contribution < 1.29 is 46.0 Å². The summed E-state index contributed by atoms with van der Waals surface area (Å²) in [7, 11) is 0. The highest BCUT2D eigenvalue weighted by atomic mass is 16.3. The molecular weight excluding hydrogens is 1420 g/mol. The van der Waals surface area contributed by atoms with Crippen LogP contribution >= 0.6 is 0 Å². The molecule has 0 aromatic carbocycles. The highest BCUT2D eigenvalue weighted by Crippen LogP contribution is 2.67. The zero-order valence-electron chi connectivity index (χ0n) is 71.5. The Morgan fingerprint density at radius 2 is 0.687 bits per heavy atom. The molecule has 0 radical (unpaired) electrons. The van der Waals surface area contributed by atoms with Gasteiger partial charge in [-0.15, -0.1) is 11.8 Å². The number of hydrogen-bond donors (Lipinski definition) is 9. The van der Waals surface area contributed by atoms with Crippen LogP contribution in [-0.4, -0.2) is 101 Å². The van der Waals surface area contributed by atoms with Gasteiger partial charge < -0.3 is 46.0 Å². The second kappa shape index (κ2) is 34.5. The maximum atomic E-state index is 11.1. The molecule has 9 heteroatoms. The van der Waals surface area contributed by atoms with E-state index in [1.807, 2.05) is 0 Å². The van der Waals surface area contributed by atoms with Crippen molar-refractivity contribution in [2.75, 3.05) is 0 Å². The van der Waals surface area contributed by atoms with Crippen molar-refractivity contribution in [2.24, 2.45) is 133 Å². The first kappa shape index (κ1) is 84.2. The predicted octanol–water partition coefficient (Wildman–Crippen LogP) is 20.0. The Kier molecular flexibility index (Phi) is 25.2. The summed E-state index contributed by atoms with van der Waals surface area (Å²) < 4.78 is 0. The third-order valence-electron chi connectivity index (χ3n) is 36.5. The van der Waals surface area contributed by atoms with Gasteiger partial charge in [-0.05, 0) is 414 Å². The van der Waals surface area contributed by atoms with Crippen LogP contribution in [0.1, 0.15) is 311 Å². The van der Waals surface area contributed by atoms with Crippen molar-refractivity contribution in [3.63, 3.8) is 0 Å². The van der Waals surface area contributed by atoms with Crippen molar-refractivity contribution in [1.82, 2.24) is 0 Å². The molecule has 0 aliphatic heterocycles. The summed E-state index contributed by atoms with van der Waals surface area (Å²) in [5.41, 5.74) is 11.3. The molecule has 115 heavy (non-hydrogen) atoms. The maximum Gasteiger partial charge on any atom is 0.121 e. The maximum absolute atomic E-state index is 11.1. The lowest BCUT2D eigenvalue weighted by molar-refractivity contribution is -0.101. The van der Waals surface area contributed by atoms with E-state index < -0.39 is 54.9 Å². The Hall–Kier alpha value is -4.46. The molecule has 9 nitrogen and oxygen atoms in total. The second-order valence-electron chi connectivity index (χ2n) is 44.5. The molecule has 0 heterocycles. The molecular formula is C106H148O9. The minimum Gasteiger partial charge on any atom is -0.388 e. The fraction of sp³-hybridized carbons (Fsp3) is 0.755. The topological polar surface area (TPSA) is 182 Å². The first-order valence-corrected chi connectivity index (χ1v) is 47.4. The van der Waals surface area contributed by atoms with Gasteiger partial charge >= 0.3 is 0 Å². The van der Waals surface area contributed by atoms with Crippen molar-refractivity contribution >= 4 is 0 Å². The Balaban J connectivity index is 0.000000130. The molecule has 21 saturated carbocycles. The van der Waals surface area contributed by atoms with Crippen molar-refractivity contribution in [1.29, 1.82) is 0 Å².